The molecule has 0 spiro atoms. The summed E-state index contributed by atoms with van der Waals surface area (Å²) in [5, 5.41) is 16.4. The molecule has 1 heterocycles. The van der Waals surface area contributed by atoms with Gasteiger partial charge < -0.3 is 24.9 Å². The summed E-state index contributed by atoms with van der Waals surface area (Å²) in [6.07, 6.45) is 0. The minimum Gasteiger partial charge on any atom is -0.494 e. The number of hydrogen-bond donors (Lipinski definition) is 2. The maximum Gasteiger partial charge on any atom is 0.300 e. The first-order chi connectivity index (χ1) is 12.0. The van der Waals surface area contributed by atoms with Crippen LogP contribution < -0.4 is 15.2 Å². The number of nitrogens with two attached hydrogens (primary N) is 1. The first kappa shape index (κ1) is 20.8. The van der Waals surface area contributed by atoms with Crippen LogP contribution in [0.25, 0.3) is 0 Å². The molecule has 0 saturated carbocycles. The van der Waals surface area contributed by atoms with Gasteiger partial charge in [-0.2, -0.15) is 0 Å². The lowest BCUT2D eigenvalue weighted by atomic mass is 10.3. The van der Waals surface area contributed by atoms with E-state index in [9.17, 15) is 0 Å². The molecular weight excluding hydrogens is 344 g/mol. The molecule has 2 rings (SSSR count). The molecule has 0 atom stereocenters. The van der Waals surface area contributed by atoms with Crippen molar-refractivity contribution in [3.8, 4) is 11.5 Å². The van der Waals surface area contributed by atoms with Crippen LogP contribution in [0, 0.1) is 0 Å². The second-order valence-electron chi connectivity index (χ2n) is 4.79. The van der Waals surface area contributed by atoms with Gasteiger partial charge in [0.15, 0.2) is 5.16 Å². The van der Waals surface area contributed by atoms with Gasteiger partial charge in [0.25, 0.3) is 5.97 Å². The van der Waals surface area contributed by atoms with Gasteiger partial charge >= 0.3 is 0 Å². The number of ether oxygens (including phenoxy) is 2. The van der Waals surface area contributed by atoms with Crippen LogP contribution in [0.3, 0.4) is 0 Å². The average molecular weight is 368 g/mol. The lowest BCUT2D eigenvalue weighted by Crippen LogP contribution is -2.06. The number of carbonyl (C=O) groups is 1. The number of nitrogens with zero attached hydrogens (tertiary/aromatic N) is 3. The van der Waals surface area contributed by atoms with E-state index in [2.05, 4.69) is 10.2 Å². The molecule has 9 heteroatoms. The summed E-state index contributed by atoms with van der Waals surface area (Å²) in [6, 6.07) is 7.65. The average Bonchev–Trinajstić information content (AvgIpc) is 2.92. The van der Waals surface area contributed by atoms with E-state index in [4.69, 9.17) is 25.1 Å². The molecule has 1 aromatic carbocycles. The highest BCUT2D eigenvalue weighted by molar-refractivity contribution is 7.99. The van der Waals surface area contributed by atoms with Crippen molar-refractivity contribution in [3.63, 3.8) is 0 Å². The highest BCUT2D eigenvalue weighted by atomic mass is 32.2. The number of thioether (sulfide) groups is 1. The summed E-state index contributed by atoms with van der Waals surface area (Å²) in [4.78, 5) is 9.00. The van der Waals surface area contributed by atoms with E-state index >= 15 is 0 Å². The van der Waals surface area contributed by atoms with Gasteiger partial charge in [-0.15, -0.1) is 10.2 Å². The summed E-state index contributed by atoms with van der Waals surface area (Å²) >= 11 is 1.59. The maximum atomic E-state index is 9.00. The summed E-state index contributed by atoms with van der Waals surface area (Å²) in [6.45, 7) is 4.67. The normalized spacial score (nSPS) is 9.92. The largest absolute Gasteiger partial charge is 0.494 e. The van der Waals surface area contributed by atoms with Crippen LogP contribution >= 0.6 is 11.8 Å². The molecule has 0 bridgehead atoms. The Kier molecular flexibility index (Phi) is 9.41. The van der Waals surface area contributed by atoms with Crippen molar-refractivity contribution >= 4 is 17.7 Å². The minimum absolute atomic E-state index is 0.394. The Morgan fingerprint density at radius 3 is 2.52 bits per heavy atom. The molecule has 0 saturated heterocycles. The van der Waals surface area contributed by atoms with Crippen molar-refractivity contribution in [2.75, 3.05) is 19.0 Å². The zero-order valence-corrected chi connectivity index (χ0v) is 15.5. The van der Waals surface area contributed by atoms with Crippen LogP contribution in [0.2, 0.25) is 0 Å². The quantitative estimate of drug-likeness (QED) is 0.537. The fraction of sp³-hybridized carbons (Fsp3) is 0.438. The number of benzene rings is 1. The SMILES string of the molecule is CC(=O)O.CCOc1cccc(OCCSc2nnc(CN)n2C)c1. The maximum absolute atomic E-state index is 9.00. The number of carboxylic acid groups (broad SMARTS) is 1. The van der Waals surface area contributed by atoms with Crippen LogP contribution in [-0.4, -0.2) is 44.8 Å². The van der Waals surface area contributed by atoms with E-state index in [-0.39, 0.29) is 0 Å². The highest BCUT2D eigenvalue weighted by Crippen LogP contribution is 2.20. The summed E-state index contributed by atoms with van der Waals surface area (Å²) in [7, 11) is 1.91. The predicted molar refractivity (Wildman–Crippen MR) is 96.0 cm³/mol. The van der Waals surface area contributed by atoms with Crippen LogP contribution in [0.5, 0.6) is 11.5 Å². The smallest absolute Gasteiger partial charge is 0.300 e. The van der Waals surface area contributed by atoms with Crippen molar-refractivity contribution in [1.29, 1.82) is 0 Å². The summed E-state index contributed by atoms with van der Waals surface area (Å²) in [5.41, 5.74) is 5.56. The molecule has 0 aliphatic carbocycles. The molecule has 8 nitrogen and oxygen atoms in total. The monoisotopic (exact) mass is 368 g/mol. The van der Waals surface area contributed by atoms with Crippen molar-refractivity contribution in [3.05, 3.63) is 30.1 Å². The van der Waals surface area contributed by atoms with Gasteiger partial charge in [0.1, 0.15) is 17.3 Å². The van der Waals surface area contributed by atoms with Gasteiger partial charge in [0.05, 0.1) is 19.8 Å². The van der Waals surface area contributed by atoms with Crippen molar-refractivity contribution < 1.29 is 19.4 Å². The molecule has 25 heavy (non-hydrogen) atoms. The fourth-order valence-electron chi connectivity index (χ4n) is 1.76. The van der Waals surface area contributed by atoms with Crippen LogP contribution in [0.15, 0.2) is 29.4 Å². The molecule has 0 unspecified atom stereocenters. The topological polar surface area (TPSA) is 112 Å². The van der Waals surface area contributed by atoms with Gasteiger partial charge in [-0.3, -0.25) is 4.79 Å². The Hall–Kier alpha value is -2.26. The molecule has 0 aliphatic heterocycles. The molecule has 1 aromatic heterocycles. The van der Waals surface area contributed by atoms with E-state index in [1.54, 1.807) is 11.8 Å². The zero-order chi connectivity index (χ0) is 18.7. The van der Waals surface area contributed by atoms with E-state index in [1.165, 1.54) is 0 Å². The third-order valence-electron chi connectivity index (χ3n) is 2.81. The number of aliphatic carboxylic acids is 1. The minimum atomic E-state index is -0.833. The molecule has 0 radical (unpaired) electrons. The van der Waals surface area contributed by atoms with Gasteiger partial charge in [-0.1, -0.05) is 17.8 Å². The van der Waals surface area contributed by atoms with Crippen molar-refractivity contribution in [2.45, 2.75) is 25.5 Å². The number of hydrogen-bond acceptors (Lipinski definition) is 7. The van der Waals surface area contributed by atoms with E-state index < -0.39 is 5.97 Å². The molecule has 138 valence electrons. The zero-order valence-electron chi connectivity index (χ0n) is 14.6. The van der Waals surface area contributed by atoms with E-state index in [0.717, 1.165) is 35.2 Å². The third kappa shape index (κ3) is 7.90. The standard InChI is InChI=1S/C14H20N4O2S.C2H4O2/c1-3-19-11-5-4-6-12(9-11)20-7-8-21-14-17-16-13(10-15)18(14)2;1-2(3)4/h4-6,9H,3,7-8,10,15H2,1-2H3;1H3,(H,3,4). The number of aromatic nitrogens is 3. The third-order valence-corrected chi connectivity index (χ3v) is 3.79. The second kappa shape index (κ2) is 11.3. The Balaban J connectivity index is 0.000000705. The highest BCUT2D eigenvalue weighted by Gasteiger charge is 2.07. The number of carboxylic acids is 1. The lowest BCUT2D eigenvalue weighted by Gasteiger charge is -2.08. The van der Waals surface area contributed by atoms with Crippen LogP contribution in [0.1, 0.15) is 19.7 Å². The second-order valence-corrected chi connectivity index (χ2v) is 5.85. The van der Waals surface area contributed by atoms with Crippen LogP contribution in [0.4, 0.5) is 0 Å². The Morgan fingerprint density at radius 2 is 1.96 bits per heavy atom. The van der Waals surface area contributed by atoms with E-state index in [0.29, 0.717) is 19.8 Å². The molecule has 0 aliphatic rings. The van der Waals surface area contributed by atoms with Gasteiger partial charge in [0.2, 0.25) is 0 Å². The Labute approximate surface area is 151 Å². The molecule has 3 N–H and O–H groups in total. The number of rotatable bonds is 8. The first-order valence-corrected chi connectivity index (χ1v) is 8.72. The fourth-order valence-corrected chi connectivity index (χ4v) is 2.51. The molecule has 0 fully saturated rings. The summed E-state index contributed by atoms with van der Waals surface area (Å²) in [5.74, 6) is 2.36. The van der Waals surface area contributed by atoms with Crippen LogP contribution in [-0.2, 0) is 18.4 Å². The van der Waals surface area contributed by atoms with Crippen molar-refractivity contribution in [2.24, 2.45) is 12.8 Å². The van der Waals surface area contributed by atoms with Gasteiger partial charge in [-0.05, 0) is 19.1 Å². The van der Waals surface area contributed by atoms with Gasteiger partial charge in [0, 0.05) is 25.8 Å². The van der Waals surface area contributed by atoms with E-state index in [1.807, 2.05) is 42.8 Å². The molecule has 2 aromatic rings. The molecular formula is C16H24N4O4S. The molecule has 0 amide bonds. The predicted octanol–water partition coefficient (Wildman–Crippen LogP) is 1.93. The summed E-state index contributed by atoms with van der Waals surface area (Å²) < 4.78 is 13.0. The van der Waals surface area contributed by atoms with Gasteiger partial charge in [-0.25, -0.2) is 0 Å². The van der Waals surface area contributed by atoms with Crippen molar-refractivity contribution in [1.82, 2.24) is 14.8 Å². The first-order valence-electron chi connectivity index (χ1n) is 7.74. The Bertz CT molecular complexity index is 659. The lowest BCUT2D eigenvalue weighted by molar-refractivity contribution is -0.134. The Morgan fingerprint density at radius 1 is 1.32 bits per heavy atom.